The highest BCUT2D eigenvalue weighted by molar-refractivity contribution is 5.95. The zero-order chi connectivity index (χ0) is 13.2. The fourth-order valence-electron chi connectivity index (χ4n) is 3.13. The zero-order valence-electron chi connectivity index (χ0n) is 10.8. The van der Waals surface area contributed by atoms with Gasteiger partial charge in [-0.25, -0.2) is 4.98 Å². The van der Waals surface area contributed by atoms with Crippen molar-refractivity contribution in [1.29, 1.82) is 0 Å². The maximum atomic E-state index is 12.6. The van der Waals surface area contributed by atoms with E-state index in [9.17, 15) is 4.79 Å². The van der Waals surface area contributed by atoms with Gasteiger partial charge in [-0.15, -0.1) is 0 Å². The molecule has 2 atom stereocenters. The predicted octanol–water partition coefficient (Wildman–Crippen LogP) is 1.02. The third-order valence-corrected chi connectivity index (χ3v) is 4.01. The Morgan fingerprint density at radius 1 is 1.53 bits per heavy atom. The summed E-state index contributed by atoms with van der Waals surface area (Å²) in [5, 5.41) is 0. The first-order valence-corrected chi connectivity index (χ1v) is 6.74. The molecule has 4 heteroatoms. The molecule has 19 heavy (non-hydrogen) atoms. The fraction of sp³-hybridized carbons (Fsp3) is 0.467. The summed E-state index contributed by atoms with van der Waals surface area (Å²) in [6.07, 6.45) is 5.20. The lowest BCUT2D eigenvalue weighted by molar-refractivity contribution is 0.0697. The lowest BCUT2D eigenvalue weighted by Crippen LogP contribution is -2.38. The van der Waals surface area contributed by atoms with Crippen molar-refractivity contribution in [2.75, 3.05) is 13.1 Å². The number of nitrogens with zero attached hydrogens (tertiary/aromatic N) is 2. The van der Waals surface area contributed by atoms with Crippen LogP contribution >= 0.6 is 0 Å². The standard InChI is InChI=1S/C15H17N3O/c16-7-1-3-12-4-2-8-17-14(12)15(19)18-10-11-5-6-13(18)9-11/h2,4,8,11,13H,5-7,9-10,16H2. The lowest BCUT2D eigenvalue weighted by Gasteiger charge is -2.26. The minimum absolute atomic E-state index is 0.0223. The van der Waals surface area contributed by atoms with Gasteiger partial charge in [0.05, 0.1) is 12.1 Å². The van der Waals surface area contributed by atoms with E-state index in [0.717, 1.165) is 19.4 Å². The van der Waals surface area contributed by atoms with Crippen molar-refractivity contribution >= 4 is 5.91 Å². The van der Waals surface area contributed by atoms with Crippen LogP contribution < -0.4 is 5.73 Å². The average molecular weight is 255 g/mol. The minimum atomic E-state index is 0.0223. The third kappa shape index (κ3) is 2.22. The summed E-state index contributed by atoms with van der Waals surface area (Å²) in [5.41, 5.74) is 6.53. The lowest BCUT2D eigenvalue weighted by atomic mass is 10.1. The van der Waals surface area contributed by atoms with Crippen LogP contribution in [0.3, 0.4) is 0 Å². The van der Waals surface area contributed by atoms with Gasteiger partial charge in [-0.2, -0.15) is 0 Å². The molecule has 0 spiro atoms. The number of carbonyl (C=O) groups is 1. The van der Waals surface area contributed by atoms with Crippen LogP contribution in [0.25, 0.3) is 0 Å². The van der Waals surface area contributed by atoms with E-state index in [1.165, 1.54) is 6.42 Å². The molecule has 98 valence electrons. The number of piperidine rings is 1. The highest BCUT2D eigenvalue weighted by Gasteiger charge is 2.41. The van der Waals surface area contributed by atoms with E-state index in [1.54, 1.807) is 12.3 Å². The van der Waals surface area contributed by atoms with Crippen LogP contribution in [0.5, 0.6) is 0 Å². The van der Waals surface area contributed by atoms with Crippen molar-refractivity contribution in [3.63, 3.8) is 0 Å². The van der Waals surface area contributed by atoms with Crippen molar-refractivity contribution in [2.45, 2.75) is 25.3 Å². The molecule has 0 radical (unpaired) electrons. The van der Waals surface area contributed by atoms with Gasteiger partial charge >= 0.3 is 0 Å². The first-order valence-electron chi connectivity index (χ1n) is 6.74. The molecule has 2 unspecified atom stereocenters. The summed E-state index contributed by atoms with van der Waals surface area (Å²) in [6, 6.07) is 4.04. The van der Waals surface area contributed by atoms with Crippen LogP contribution in [0, 0.1) is 17.8 Å². The number of fused-ring (bicyclic) bond motifs is 2. The molecule has 1 aromatic heterocycles. The van der Waals surface area contributed by atoms with Crippen LogP contribution in [0.2, 0.25) is 0 Å². The molecule has 1 aliphatic carbocycles. The molecule has 2 N–H and O–H groups in total. The van der Waals surface area contributed by atoms with Crippen molar-refractivity contribution in [3.8, 4) is 11.8 Å². The molecule has 4 nitrogen and oxygen atoms in total. The topological polar surface area (TPSA) is 59.2 Å². The highest BCUT2D eigenvalue weighted by Crippen LogP contribution is 2.38. The van der Waals surface area contributed by atoms with Crippen molar-refractivity contribution in [1.82, 2.24) is 9.88 Å². The monoisotopic (exact) mass is 255 g/mol. The van der Waals surface area contributed by atoms with Gasteiger partial charge in [-0.05, 0) is 37.3 Å². The van der Waals surface area contributed by atoms with Gasteiger partial charge in [-0.3, -0.25) is 4.79 Å². The summed E-state index contributed by atoms with van der Waals surface area (Å²) < 4.78 is 0. The number of pyridine rings is 1. The Balaban J connectivity index is 1.87. The van der Waals surface area contributed by atoms with Crippen molar-refractivity contribution in [3.05, 3.63) is 29.6 Å². The number of carbonyl (C=O) groups excluding carboxylic acids is 1. The summed E-state index contributed by atoms with van der Waals surface area (Å²) in [7, 11) is 0. The van der Waals surface area contributed by atoms with E-state index in [0.29, 0.717) is 23.2 Å². The summed E-state index contributed by atoms with van der Waals surface area (Å²) >= 11 is 0. The van der Waals surface area contributed by atoms with E-state index < -0.39 is 0 Å². The summed E-state index contributed by atoms with van der Waals surface area (Å²) in [4.78, 5) is 18.8. The van der Waals surface area contributed by atoms with E-state index in [4.69, 9.17) is 5.73 Å². The van der Waals surface area contributed by atoms with Crippen LogP contribution in [0.15, 0.2) is 18.3 Å². The molecule has 1 aromatic rings. The first-order chi connectivity index (χ1) is 9.29. The zero-order valence-corrected chi connectivity index (χ0v) is 10.8. The number of rotatable bonds is 1. The molecule has 1 aliphatic heterocycles. The van der Waals surface area contributed by atoms with Crippen LogP contribution in [0.1, 0.15) is 35.3 Å². The van der Waals surface area contributed by atoms with Gasteiger partial charge in [0.1, 0.15) is 5.69 Å². The largest absolute Gasteiger partial charge is 0.334 e. The van der Waals surface area contributed by atoms with Crippen LogP contribution in [0.4, 0.5) is 0 Å². The number of amides is 1. The van der Waals surface area contributed by atoms with Gasteiger partial charge in [-0.1, -0.05) is 11.8 Å². The van der Waals surface area contributed by atoms with E-state index in [-0.39, 0.29) is 12.5 Å². The molecule has 1 amide bonds. The molecular formula is C15H17N3O. The number of nitrogens with two attached hydrogens (primary N) is 1. The van der Waals surface area contributed by atoms with E-state index in [1.807, 2.05) is 11.0 Å². The second kappa shape index (κ2) is 5.02. The van der Waals surface area contributed by atoms with E-state index in [2.05, 4.69) is 16.8 Å². The van der Waals surface area contributed by atoms with Crippen LogP contribution in [-0.2, 0) is 0 Å². The Bertz CT molecular complexity index is 558. The second-order valence-electron chi connectivity index (χ2n) is 5.20. The van der Waals surface area contributed by atoms with Crippen LogP contribution in [-0.4, -0.2) is 34.9 Å². The number of aromatic nitrogens is 1. The quantitative estimate of drug-likeness (QED) is 0.762. The highest BCUT2D eigenvalue weighted by atomic mass is 16.2. The Morgan fingerprint density at radius 3 is 3.11 bits per heavy atom. The SMILES string of the molecule is NCC#Cc1cccnc1C(=O)N1CC2CCC1C2. The average Bonchev–Trinajstić information content (AvgIpc) is 3.07. The molecule has 0 aromatic carbocycles. The second-order valence-corrected chi connectivity index (χ2v) is 5.20. The van der Waals surface area contributed by atoms with Crippen molar-refractivity contribution < 1.29 is 4.79 Å². The first kappa shape index (κ1) is 12.2. The Kier molecular flexibility index (Phi) is 3.22. The predicted molar refractivity (Wildman–Crippen MR) is 72.3 cm³/mol. The Labute approximate surface area is 113 Å². The van der Waals surface area contributed by atoms with Gasteiger partial charge in [0, 0.05) is 18.8 Å². The molecule has 1 saturated carbocycles. The molecule has 2 fully saturated rings. The van der Waals surface area contributed by atoms with Gasteiger partial charge < -0.3 is 10.6 Å². The van der Waals surface area contributed by atoms with Gasteiger partial charge in [0.2, 0.25) is 0 Å². The maximum Gasteiger partial charge on any atom is 0.274 e. The summed E-state index contributed by atoms with van der Waals surface area (Å²) in [5.74, 6) is 6.44. The minimum Gasteiger partial charge on any atom is -0.334 e. The smallest absolute Gasteiger partial charge is 0.274 e. The van der Waals surface area contributed by atoms with Gasteiger partial charge in [0.25, 0.3) is 5.91 Å². The number of likely N-dealkylation sites (tertiary alicyclic amines) is 1. The summed E-state index contributed by atoms with van der Waals surface area (Å²) in [6.45, 7) is 1.17. The number of hydrogen-bond donors (Lipinski definition) is 1. The molecule has 3 rings (SSSR count). The van der Waals surface area contributed by atoms with Gasteiger partial charge in [0.15, 0.2) is 0 Å². The molecule has 2 aliphatic rings. The Morgan fingerprint density at radius 2 is 2.42 bits per heavy atom. The Hall–Kier alpha value is -1.86. The van der Waals surface area contributed by atoms with Crippen molar-refractivity contribution in [2.24, 2.45) is 11.7 Å². The van der Waals surface area contributed by atoms with E-state index >= 15 is 0 Å². The maximum absolute atomic E-state index is 12.6. The third-order valence-electron chi connectivity index (χ3n) is 4.01. The fourth-order valence-corrected chi connectivity index (χ4v) is 3.13. The number of hydrogen-bond acceptors (Lipinski definition) is 3. The molecule has 2 bridgehead atoms. The molecule has 2 heterocycles. The molecule has 1 saturated heterocycles. The normalized spacial score (nSPS) is 24.2. The molecular weight excluding hydrogens is 238 g/mol.